The Kier molecular flexibility index (Phi) is 6.10. The number of anilines is 1. The number of hydrogen-bond donors (Lipinski definition) is 3. The number of carboxylic acids is 1. The maximum Gasteiger partial charge on any atom is 0.325 e. The number of nitrogens with one attached hydrogen (secondary N) is 2. The summed E-state index contributed by atoms with van der Waals surface area (Å²) in [4.78, 5) is 33.5. The van der Waals surface area contributed by atoms with Crippen molar-refractivity contribution in [3.8, 4) is 0 Å². The van der Waals surface area contributed by atoms with Gasteiger partial charge in [0.15, 0.2) is 5.82 Å². The Morgan fingerprint density at radius 1 is 1.33 bits per heavy atom. The van der Waals surface area contributed by atoms with E-state index in [-0.39, 0.29) is 23.6 Å². The minimum absolute atomic E-state index is 0.127. The summed E-state index contributed by atoms with van der Waals surface area (Å²) in [5, 5.41) is 12.5. The summed E-state index contributed by atoms with van der Waals surface area (Å²) in [6.07, 6.45) is -0.310. The van der Waals surface area contributed by atoms with E-state index in [1.807, 2.05) is 5.32 Å². The van der Waals surface area contributed by atoms with E-state index in [4.69, 9.17) is 16.7 Å². The Hall–Kier alpha value is -2.15. The summed E-state index contributed by atoms with van der Waals surface area (Å²) in [7, 11) is 0. The fourth-order valence-corrected chi connectivity index (χ4v) is 1.79. The molecule has 3 N–H and O–H groups in total. The SMILES string of the molecule is CC(CC(=O)O)CC(=O)NC(=O)Nc1cccc(Cl)c1F. The first-order chi connectivity index (χ1) is 9.79. The molecule has 0 spiro atoms. The van der Waals surface area contributed by atoms with Crippen molar-refractivity contribution in [3.05, 3.63) is 29.0 Å². The number of rotatable bonds is 5. The van der Waals surface area contributed by atoms with Crippen LogP contribution in [0, 0.1) is 11.7 Å². The van der Waals surface area contributed by atoms with Crippen molar-refractivity contribution in [1.82, 2.24) is 5.32 Å². The summed E-state index contributed by atoms with van der Waals surface area (Å²) in [5.74, 6) is -2.90. The highest BCUT2D eigenvalue weighted by Gasteiger charge is 2.16. The van der Waals surface area contributed by atoms with Gasteiger partial charge in [0.1, 0.15) is 0 Å². The summed E-state index contributed by atoms with van der Waals surface area (Å²) in [6, 6.07) is 3.14. The van der Waals surface area contributed by atoms with E-state index >= 15 is 0 Å². The second kappa shape index (κ2) is 7.58. The first kappa shape index (κ1) is 16.9. The molecular formula is C13H14ClFN2O4. The average molecular weight is 317 g/mol. The number of hydrogen-bond acceptors (Lipinski definition) is 3. The third kappa shape index (κ3) is 5.78. The van der Waals surface area contributed by atoms with E-state index in [2.05, 4.69) is 5.32 Å². The predicted octanol–water partition coefficient (Wildman–Crippen LogP) is 2.63. The molecule has 1 rings (SSSR count). The molecule has 1 aromatic rings. The van der Waals surface area contributed by atoms with Crippen LogP contribution >= 0.6 is 11.6 Å². The van der Waals surface area contributed by atoms with Crippen LogP contribution in [-0.2, 0) is 9.59 Å². The smallest absolute Gasteiger partial charge is 0.325 e. The maximum absolute atomic E-state index is 13.5. The first-order valence-electron chi connectivity index (χ1n) is 6.06. The van der Waals surface area contributed by atoms with Gasteiger partial charge in [0, 0.05) is 12.8 Å². The van der Waals surface area contributed by atoms with Crippen molar-refractivity contribution in [1.29, 1.82) is 0 Å². The first-order valence-corrected chi connectivity index (χ1v) is 6.44. The van der Waals surface area contributed by atoms with E-state index in [0.717, 1.165) is 0 Å². The number of carbonyl (C=O) groups excluding carboxylic acids is 2. The van der Waals surface area contributed by atoms with Gasteiger partial charge >= 0.3 is 12.0 Å². The van der Waals surface area contributed by atoms with E-state index in [1.165, 1.54) is 18.2 Å². The van der Waals surface area contributed by atoms with Crippen LogP contribution in [0.2, 0.25) is 5.02 Å². The second-order valence-corrected chi connectivity index (χ2v) is 4.92. The van der Waals surface area contributed by atoms with Gasteiger partial charge in [-0.25, -0.2) is 9.18 Å². The molecule has 0 bridgehead atoms. The van der Waals surface area contributed by atoms with Crippen LogP contribution in [0.3, 0.4) is 0 Å². The molecular weight excluding hydrogens is 303 g/mol. The highest BCUT2D eigenvalue weighted by atomic mass is 35.5. The molecule has 1 atom stereocenters. The van der Waals surface area contributed by atoms with Crippen molar-refractivity contribution in [2.24, 2.45) is 5.92 Å². The lowest BCUT2D eigenvalue weighted by molar-refractivity contribution is -0.138. The Labute approximate surface area is 125 Å². The molecule has 0 saturated heterocycles. The monoisotopic (exact) mass is 316 g/mol. The molecule has 0 aliphatic rings. The molecule has 0 aliphatic carbocycles. The van der Waals surface area contributed by atoms with E-state index in [1.54, 1.807) is 6.92 Å². The molecule has 0 fully saturated rings. The van der Waals surface area contributed by atoms with Gasteiger partial charge in [-0.15, -0.1) is 0 Å². The predicted molar refractivity (Wildman–Crippen MR) is 74.6 cm³/mol. The van der Waals surface area contributed by atoms with Gasteiger partial charge in [0.25, 0.3) is 0 Å². The zero-order valence-electron chi connectivity index (χ0n) is 11.2. The lowest BCUT2D eigenvalue weighted by Gasteiger charge is -2.10. The minimum Gasteiger partial charge on any atom is -0.481 e. The molecule has 0 radical (unpaired) electrons. The standard InChI is InChI=1S/C13H14ClFN2O4/c1-7(6-11(19)20)5-10(18)17-13(21)16-9-4-2-3-8(14)12(9)15/h2-4,7H,5-6H2,1H3,(H,19,20)(H2,16,17,18,21). The van der Waals surface area contributed by atoms with Crippen molar-refractivity contribution < 1.29 is 23.9 Å². The van der Waals surface area contributed by atoms with Gasteiger partial charge < -0.3 is 10.4 Å². The summed E-state index contributed by atoms with van der Waals surface area (Å²) < 4.78 is 13.5. The maximum atomic E-state index is 13.5. The fraction of sp³-hybridized carbons (Fsp3) is 0.308. The van der Waals surface area contributed by atoms with Gasteiger partial charge in [-0.2, -0.15) is 0 Å². The van der Waals surface area contributed by atoms with E-state index in [9.17, 15) is 18.8 Å². The van der Waals surface area contributed by atoms with Crippen LogP contribution in [0.1, 0.15) is 19.8 Å². The van der Waals surface area contributed by atoms with Gasteiger partial charge in [-0.1, -0.05) is 24.6 Å². The summed E-state index contributed by atoms with van der Waals surface area (Å²) in [6.45, 7) is 1.57. The second-order valence-electron chi connectivity index (χ2n) is 4.51. The van der Waals surface area contributed by atoms with E-state index < -0.39 is 29.6 Å². The topological polar surface area (TPSA) is 95.5 Å². The molecule has 0 aliphatic heterocycles. The minimum atomic E-state index is -1.03. The molecule has 1 unspecified atom stereocenters. The summed E-state index contributed by atoms with van der Waals surface area (Å²) >= 11 is 5.55. The molecule has 3 amide bonds. The quantitative estimate of drug-likeness (QED) is 0.778. The Bertz CT molecular complexity index is 565. The number of amides is 3. The zero-order chi connectivity index (χ0) is 16.0. The van der Waals surface area contributed by atoms with Gasteiger partial charge in [0.2, 0.25) is 5.91 Å². The Morgan fingerprint density at radius 3 is 2.62 bits per heavy atom. The molecule has 8 heteroatoms. The fourth-order valence-electron chi connectivity index (χ4n) is 1.62. The van der Waals surface area contributed by atoms with E-state index in [0.29, 0.717) is 0 Å². The van der Waals surface area contributed by atoms with Crippen LogP contribution in [0.25, 0.3) is 0 Å². The lowest BCUT2D eigenvalue weighted by Crippen LogP contribution is -2.35. The zero-order valence-corrected chi connectivity index (χ0v) is 11.9. The van der Waals surface area contributed by atoms with Gasteiger partial charge in [-0.05, 0) is 18.1 Å². The lowest BCUT2D eigenvalue weighted by atomic mass is 10.0. The molecule has 0 heterocycles. The highest BCUT2D eigenvalue weighted by molar-refractivity contribution is 6.31. The Morgan fingerprint density at radius 2 is 2.00 bits per heavy atom. The molecule has 6 nitrogen and oxygen atoms in total. The normalized spacial score (nSPS) is 11.6. The third-order valence-corrected chi connectivity index (χ3v) is 2.80. The van der Waals surface area contributed by atoms with Crippen LogP contribution < -0.4 is 10.6 Å². The summed E-state index contributed by atoms with van der Waals surface area (Å²) in [5.41, 5.74) is -0.161. The highest BCUT2D eigenvalue weighted by Crippen LogP contribution is 2.21. The van der Waals surface area contributed by atoms with Crippen LogP contribution in [0.5, 0.6) is 0 Å². The van der Waals surface area contributed by atoms with Crippen molar-refractivity contribution in [2.45, 2.75) is 19.8 Å². The Balaban J connectivity index is 2.52. The average Bonchev–Trinajstić information content (AvgIpc) is 2.33. The molecule has 1 aromatic carbocycles. The van der Waals surface area contributed by atoms with Gasteiger partial charge in [-0.3, -0.25) is 14.9 Å². The number of carbonyl (C=O) groups is 3. The number of halogens is 2. The molecule has 0 saturated carbocycles. The van der Waals surface area contributed by atoms with Crippen molar-refractivity contribution in [3.63, 3.8) is 0 Å². The number of urea groups is 1. The van der Waals surface area contributed by atoms with Gasteiger partial charge in [0.05, 0.1) is 10.7 Å². The van der Waals surface area contributed by atoms with Crippen LogP contribution in [0.15, 0.2) is 18.2 Å². The molecule has 114 valence electrons. The number of imide groups is 1. The third-order valence-electron chi connectivity index (χ3n) is 2.51. The van der Waals surface area contributed by atoms with Crippen molar-refractivity contribution in [2.75, 3.05) is 5.32 Å². The number of benzene rings is 1. The van der Waals surface area contributed by atoms with Crippen LogP contribution in [-0.4, -0.2) is 23.0 Å². The molecule has 0 aromatic heterocycles. The van der Waals surface area contributed by atoms with Crippen LogP contribution in [0.4, 0.5) is 14.9 Å². The largest absolute Gasteiger partial charge is 0.481 e. The molecule has 21 heavy (non-hydrogen) atoms. The van der Waals surface area contributed by atoms with Crippen molar-refractivity contribution >= 4 is 35.2 Å². The number of carboxylic acid groups (broad SMARTS) is 1. The number of aliphatic carboxylic acids is 1.